The van der Waals surface area contributed by atoms with Crippen LogP contribution in [0.1, 0.15) is 19.4 Å². The summed E-state index contributed by atoms with van der Waals surface area (Å²) in [5, 5.41) is 1.15. The molecule has 0 saturated carbocycles. The van der Waals surface area contributed by atoms with Gasteiger partial charge >= 0.3 is 0 Å². The second-order valence-corrected chi connectivity index (χ2v) is 4.29. The van der Waals surface area contributed by atoms with Crippen LogP contribution < -0.4 is 11.3 Å². The van der Waals surface area contributed by atoms with E-state index in [9.17, 15) is 0 Å². The number of nitrogens with one attached hydrogen (secondary N) is 1. The number of nitrogens with zero attached hydrogens (tertiary/aromatic N) is 2. The molecule has 2 rings (SSSR count). The molecule has 96 valence electrons. The molecule has 0 aliphatic heterocycles. The number of anilines is 1. The van der Waals surface area contributed by atoms with Gasteiger partial charge in [0.15, 0.2) is 0 Å². The Labute approximate surface area is 108 Å². The van der Waals surface area contributed by atoms with Gasteiger partial charge in [-0.05, 0) is 25.2 Å². The van der Waals surface area contributed by atoms with E-state index in [0.717, 1.165) is 41.9 Å². The van der Waals surface area contributed by atoms with Gasteiger partial charge in [0.2, 0.25) is 0 Å². The summed E-state index contributed by atoms with van der Waals surface area (Å²) < 4.78 is 0. The lowest BCUT2D eigenvalue weighted by molar-refractivity contribution is 0.296. The number of fused-ring (bicyclic) bond motifs is 1. The number of nitrogens with two attached hydrogens (primary N) is 1. The van der Waals surface area contributed by atoms with Gasteiger partial charge in [-0.25, -0.2) is 10.8 Å². The maximum atomic E-state index is 5.57. The number of nitrogen functional groups attached to an aromatic ring is 1. The van der Waals surface area contributed by atoms with Crippen molar-refractivity contribution in [3.8, 4) is 0 Å². The van der Waals surface area contributed by atoms with Crippen molar-refractivity contribution in [2.75, 3.05) is 18.5 Å². The molecular formula is C14H20N4. The van der Waals surface area contributed by atoms with E-state index in [2.05, 4.69) is 41.3 Å². The summed E-state index contributed by atoms with van der Waals surface area (Å²) >= 11 is 0. The summed E-state index contributed by atoms with van der Waals surface area (Å²) in [6.45, 7) is 7.23. The van der Waals surface area contributed by atoms with E-state index in [0.29, 0.717) is 0 Å². The number of hydrogen-bond donors (Lipinski definition) is 2. The molecule has 1 aromatic heterocycles. The Kier molecular flexibility index (Phi) is 4.12. The highest BCUT2D eigenvalue weighted by Crippen LogP contribution is 2.21. The Morgan fingerprint density at radius 1 is 1.22 bits per heavy atom. The number of pyridine rings is 1. The molecule has 0 aliphatic carbocycles. The standard InChI is InChI=1S/C14H20N4/c1-3-18(4-2)10-12-9-11-7-5-6-8-13(11)16-14(12)17-15/h5-9H,3-4,10,15H2,1-2H3,(H,16,17). The molecule has 0 radical (unpaired) electrons. The fourth-order valence-electron chi connectivity index (χ4n) is 2.09. The molecule has 2 aromatic rings. The Balaban J connectivity index is 2.41. The normalized spacial score (nSPS) is 11.1. The Bertz CT molecular complexity index is 520. The largest absolute Gasteiger partial charge is 0.308 e. The number of benzene rings is 1. The molecule has 0 spiro atoms. The highest BCUT2D eigenvalue weighted by molar-refractivity contribution is 5.81. The van der Waals surface area contributed by atoms with Crippen LogP contribution in [-0.2, 0) is 6.54 Å². The van der Waals surface area contributed by atoms with Crippen molar-refractivity contribution in [1.29, 1.82) is 0 Å². The van der Waals surface area contributed by atoms with Crippen LogP contribution in [0.4, 0.5) is 5.82 Å². The molecule has 0 amide bonds. The number of hydrazine groups is 1. The van der Waals surface area contributed by atoms with Crippen molar-refractivity contribution in [3.05, 3.63) is 35.9 Å². The second kappa shape index (κ2) is 5.80. The molecule has 0 atom stereocenters. The van der Waals surface area contributed by atoms with E-state index in [1.54, 1.807) is 0 Å². The monoisotopic (exact) mass is 244 g/mol. The number of hydrogen-bond acceptors (Lipinski definition) is 4. The number of aromatic nitrogens is 1. The summed E-state index contributed by atoms with van der Waals surface area (Å²) in [5.74, 6) is 6.33. The molecule has 1 aromatic carbocycles. The predicted molar refractivity (Wildman–Crippen MR) is 76.2 cm³/mol. The van der Waals surface area contributed by atoms with Crippen LogP contribution in [0.25, 0.3) is 10.9 Å². The third-order valence-electron chi connectivity index (χ3n) is 3.23. The molecule has 18 heavy (non-hydrogen) atoms. The maximum absolute atomic E-state index is 5.57. The van der Waals surface area contributed by atoms with E-state index in [-0.39, 0.29) is 0 Å². The van der Waals surface area contributed by atoms with E-state index in [1.165, 1.54) is 0 Å². The molecule has 0 aliphatic rings. The van der Waals surface area contributed by atoms with Gasteiger partial charge in [-0.1, -0.05) is 32.0 Å². The Morgan fingerprint density at radius 2 is 1.94 bits per heavy atom. The first-order valence-electron chi connectivity index (χ1n) is 6.36. The van der Waals surface area contributed by atoms with Crippen molar-refractivity contribution < 1.29 is 0 Å². The molecular weight excluding hydrogens is 224 g/mol. The third kappa shape index (κ3) is 2.60. The van der Waals surface area contributed by atoms with Gasteiger partial charge in [0.1, 0.15) is 5.82 Å². The minimum absolute atomic E-state index is 0.764. The molecule has 1 heterocycles. The minimum Gasteiger partial charge on any atom is -0.308 e. The second-order valence-electron chi connectivity index (χ2n) is 4.29. The summed E-state index contributed by atoms with van der Waals surface area (Å²) in [5.41, 5.74) is 4.81. The summed E-state index contributed by atoms with van der Waals surface area (Å²) in [7, 11) is 0. The lowest BCUT2D eigenvalue weighted by Gasteiger charge is -2.19. The highest BCUT2D eigenvalue weighted by Gasteiger charge is 2.08. The maximum Gasteiger partial charge on any atom is 0.145 e. The first-order valence-corrected chi connectivity index (χ1v) is 6.36. The van der Waals surface area contributed by atoms with Crippen LogP contribution >= 0.6 is 0 Å². The van der Waals surface area contributed by atoms with Gasteiger partial charge in [0, 0.05) is 17.5 Å². The summed E-state index contributed by atoms with van der Waals surface area (Å²) in [6, 6.07) is 10.3. The van der Waals surface area contributed by atoms with Gasteiger partial charge in [-0.2, -0.15) is 0 Å². The van der Waals surface area contributed by atoms with Crippen LogP contribution in [0.3, 0.4) is 0 Å². The first-order chi connectivity index (χ1) is 8.78. The van der Waals surface area contributed by atoms with E-state index >= 15 is 0 Å². The van der Waals surface area contributed by atoms with Crippen LogP contribution in [0.5, 0.6) is 0 Å². The van der Waals surface area contributed by atoms with E-state index in [4.69, 9.17) is 5.84 Å². The van der Waals surface area contributed by atoms with Crippen molar-refractivity contribution in [3.63, 3.8) is 0 Å². The summed E-state index contributed by atoms with van der Waals surface area (Å²) in [4.78, 5) is 6.89. The molecule has 0 unspecified atom stereocenters. The average molecular weight is 244 g/mol. The predicted octanol–water partition coefficient (Wildman–Crippen LogP) is 2.36. The fourth-order valence-corrected chi connectivity index (χ4v) is 2.09. The third-order valence-corrected chi connectivity index (χ3v) is 3.23. The summed E-state index contributed by atoms with van der Waals surface area (Å²) in [6.07, 6.45) is 0. The lowest BCUT2D eigenvalue weighted by Crippen LogP contribution is -2.23. The fraction of sp³-hybridized carbons (Fsp3) is 0.357. The highest BCUT2D eigenvalue weighted by atomic mass is 15.3. The SMILES string of the molecule is CCN(CC)Cc1cc2ccccc2nc1NN. The topological polar surface area (TPSA) is 54.2 Å². The zero-order chi connectivity index (χ0) is 13.0. The van der Waals surface area contributed by atoms with Crippen molar-refractivity contribution in [2.45, 2.75) is 20.4 Å². The average Bonchev–Trinajstić information content (AvgIpc) is 2.43. The Morgan fingerprint density at radius 3 is 2.61 bits per heavy atom. The van der Waals surface area contributed by atoms with Crippen LogP contribution in [0, 0.1) is 0 Å². The van der Waals surface area contributed by atoms with Crippen LogP contribution in [-0.4, -0.2) is 23.0 Å². The van der Waals surface area contributed by atoms with Crippen molar-refractivity contribution in [2.24, 2.45) is 5.84 Å². The first kappa shape index (κ1) is 12.8. The van der Waals surface area contributed by atoms with Gasteiger partial charge in [-0.15, -0.1) is 0 Å². The molecule has 0 bridgehead atoms. The van der Waals surface area contributed by atoms with E-state index in [1.807, 2.05) is 18.2 Å². The molecule has 3 N–H and O–H groups in total. The van der Waals surface area contributed by atoms with Gasteiger partial charge in [0.05, 0.1) is 5.52 Å². The Hall–Kier alpha value is -1.65. The van der Waals surface area contributed by atoms with Gasteiger partial charge in [0.25, 0.3) is 0 Å². The number of para-hydroxylation sites is 1. The molecule has 0 fully saturated rings. The quantitative estimate of drug-likeness (QED) is 0.626. The minimum atomic E-state index is 0.764. The van der Waals surface area contributed by atoms with Crippen LogP contribution in [0.15, 0.2) is 30.3 Å². The molecule has 0 saturated heterocycles. The van der Waals surface area contributed by atoms with E-state index < -0.39 is 0 Å². The number of rotatable bonds is 5. The zero-order valence-electron chi connectivity index (χ0n) is 11.0. The van der Waals surface area contributed by atoms with Crippen LogP contribution in [0.2, 0.25) is 0 Å². The van der Waals surface area contributed by atoms with Gasteiger partial charge in [-0.3, -0.25) is 4.90 Å². The van der Waals surface area contributed by atoms with Gasteiger partial charge < -0.3 is 5.43 Å². The smallest absolute Gasteiger partial charge is 0.145 e. The molecule has 4 nitrogen and oxygen atoms in total. The lowest BCUT2D eigenvalue weighted by atomic mass is 10.1. The zero-order valence-corrected chi connectivity index (χ0v) is 11.0. The van der Waals surface area contributed by atoms with Crippen molar-refractivity contribution >= 4 is 16.7 Å². The van der Waals surface area contributed by atoms with Crippen molar-refractivity contribution in [1.82, 2.24) is 9.88 Å². The molecule has 4 heteroatoms.